The van der Waals surface area contributed by atoms with Crippen molar-refractivity contribution in [2.24, 2.45) is 0 Å². The third-order valence-electron chi connectivity index (χ3n) is 13.1. The molecular formula is C59H45N. The minimum Gasteiger partial charge on any atom is -0.310 e. The van der Waals surface area contributed by atoms with Crippen molar-refractivity contribution >= 4 is 17.1 Å². The van der Waals surface area contributed by atoms with E-state index in [0.717, 1.165) is 11.4 Å². The Morgan fingerprint density at radius 2 is 0.750 bits per heavy atom. The second kappa shape index (κ2) is 15.2. The lowest BCUT2D eigenvalue weighted by Gasteiger charge is -2.31. The summed E-state index contributed by atoms with van der Waals surface area (Å²) in [6.45, 7) is 0. The average molecular weight is 768 g/mol. The second-order valence-corrected chi connectivity index (χ2v) is 16.4. The summed E-state index contributed by atoms with van der Waals surface area (Å²) in [5, 5.41) is 0. The highest BCUT2D eigenvalue weighted by Crippen LogP contribution is 2.58. The number of anilines is 3. The fourth-order valence-corrected chi connectivity index (χ4v) is 10.3. The van der Waals surface area contributed by atoms with E-state index < -0.39 is 0 Å². The van der Waals surface area contributed by atoms with Gasteiger partial charge in [0.25, 0.3) is 0 Å². The molecule has 11 rings (SSSR count). The maximum Gasteiger partial charge on any atom is 0.0540 e. The van der Waals surface area contributed by atoms with Crippen molar-refractivity contribution in [3.63, 3.8) is 0 Å². The topological polar surface area (TPSA) is 3.24 Å². The van der Waals surface area contributed by atoms with E-state index in [-0.39, 0.29) is 5.41 Å². The van der Waals surface area contributed by atoms with Gasteiger partial charge in [-0.1, -0.05) is 201 Å². The van der Waals surface area contributed by atoms with Crippen molar-refractivity contribution in [3.05, 3.63) is 236 Å². The van der Waals surface area contributed by atoms with Crippen LogP contribution in [0.3, 0.4) is 0 Å². The first-order valence-electron chi connectivity index (χ1n) is 21.4. The van der Waals surface area contributed by atoms with Crippen LogP contribution in [0.4, 0.5) is 17.1 Å². The van der Waals surface area contributed by atoms with Gasteiger partial charge < -0.3 is 4.90 Å². The van der Waals surface area contributed by atoms with Crippen LogP contribution in [0.25, 0.3) is 66.8 Å². The van der Waals surface area contributed by atoms with Gasteiger partial charge in [0.05, 0.1) is 5.69 Å². The molecule has 1 saturated carbocycles. The molecule has 286 valence electrons. The maximum absolute atomic E-state index is 2.53. The summed E-state index contributed by atoms with van der Waals surface area (Å²) in [6, 6.07) is 82.7. The van der Waals surface area contributed by atoms with E-state index in [0.29, 0.717) is 0 Å². The highest BCUT2D eigenvalue weighted by molar-refractivity contribution is 5.98. The molecule has 0 heterocycles. The fourth-order valence-electron chi connectivity index (χ4n) is 10.3. The van der Waals surface area contributed by atoms with Gasteiger partial charge in [-0.2, -0.15) is 0 Å². The normalized spacial score (nSPS) is 13.5. The molecule has 1 nitrogen and oxygen atoms in total. The minimum absolute atomic E-state index is 0.0640. The standard InChI is InChI=1S/C59H45N/c1-3-18-42(19-4-1)45-22-17-23-46(40-45)43-32-34-47(35-33-43)60(48-36-37-54-53-28-11-13-30-56(53)59(57(54)41-48)38-15-16-39-59)58-31-14-12-29-55(58)52-27-10-9-26-51(52)50-25-8-7-24-49(50)44-20-5-2-6-21-44/h1-14,17-37,40-41H,15-16,38-39H2. The Kier molecular flexibility index (Phi) is 9.09. The van der Waals surface area contributed by atoms with Gasteiger partial charge in [0.2, 0.25) is 0 Å². The molecule has 0 aliphatic heterocycles. The third-order valence-corrected chi connectivity index (χ3v) is 13.1. The first kappa shape index (κ1) is 35.9. The quantitative estimate of drug-likeness (QED) is 0.149. The lowest BCUT2D eigenvalue weighted by molar-refractivity contribution is 0.550. The van der Waals surface area contributed by atoms with Gasteiger partial charge in [-0.05, 0) is 122 Å². The van der Waals surface area contributed by atoms with Crippen LogP contribution in [-0.2, 0) is 5.41 Å². The maximum atomic E-state index is 2.53. The molecule has 0 unspecified atom stereocenters. The Morgan fingerprint density at radius 1 is 0.283 bits per heavy atom. The van der Waals surface area contributed by atoms with Crippen LogP contribution in [0, 0.1) is 0 Å². The molecule has 1 spiro atoms. The lowest BCUT2D eigenvalue weighted by Crippen LogP contribution is -2.21. The van der Waals surface area contributed by atoms with E-state index in [2.05, 4.69) is 229 Å². The van der Waals surface area contributed by atoms with Gasteiger partial charge in [0, 0.05) is 22.4 Å². The molecule has 0 atom stereocenters. The van der Waals surface area contributed by atoms with Gasteiger partial charge in [-0.25, -0.2) is 0 Å². The smallest absolute Gasteiger partial charge is 0.0540 e. The molecule has 0 saturated heterocycles. The Labute approximate surface area is 353 Å². The van der Waals surface area contributed by atoms with Crippen molar-refractivity contribution < 1.29 is 0 Å². The Balaban J connectivity index is 1.08. The van der Waals surface area contributed by atoms with Crippen molar-refractivity contribution in [1.29, 1.82) is 0 Å². The summed E-state index contributed by atoms with van der Waals surface area (Å²) in [4.78, 5) is 2.51. The fraction of sp³-hybridized carbons (Fsp3) is 0.0847. The predicted octanol–water partition coefficient (Wildman–Crippen LogP) is 16.3. The van der Waals surface area contributed by atoms with Crippen molar-refractivity contribution in [1.82, 2.24) is 0 Å². The highest BCUT2D eigenvalue weighted by atomic mass is 15.1. The van der Waals surface area contributed by atoms with Crippen LogP contribution >= 0.6 is 0 Å². The van der Waals surface area contributed by atoms with E-state index in [1.54, 1.807) is 0 Å². The van der Waals surface area contributed by atoms with E-state index in [1.165, 1.54) is 109 Å². The number of hydrogen-bond acceptors (Lipinski definition) is 1. The molecule has 0 radical (unpaired) electrons. The highest BCUT2D eigenvalue weighted by Gasteiger charge is 2.45. The van der Waals surface area contributed by atoms with Crippen LogP contribution in [0.1, 0.15) is 36.8 Å². The summed E-state index contributed by atoms with van der Waals surface area (Å²) < 4.78 is 0. The molecule has 9 aromatic rings. The van der Waals surface area contributed by atoms with Gasteiger partial charge >= 0.3 is 0 Å². The first-order chi connectivity index (χ1) is 29.7. The molecule has 2 aliphatic rings. The van der Waals surface area contributed by atoms with E-state index in [1.807, 2.05) is 0 Å². The Morgan fingerprint density at radius 3 is 1.43 bits per heavy atom. The van der Waals surface area contributed by atoms with Crippen molar-refractivity contribution in [2.75, 3.05) is 4.90 Å². The zero-order chi connectivity index (χ0) is 39.9. The average Bonchev–Trinajstić information content (AvgIpc) is 3.93. The number of nitrogens with zero attached hydrogens (tertiary/aromatic N) is 1. The molecule has 2 aliphatic carbocycles. The molecule has 1 fully saturated rings. The van der Waals surface area contributed by atoms with Gasteiger partial charge in [0.15, 0.2) is 0 Å². The summed E-state index contributed by atoms with van der Waals surface area (Å²) in [6.07, 6.45) is 4.92. The van der Waals surface area contributed by atoms with E-state index >= 15 is 0 Å². The summed E-state index contributed by atoms with van der Waals surface area (Å²) >= 11 is 0. The van der Waals surface area contributed by atoms with Crippen LogP contribution in [0.2, 0.25) is 0 Å². The molecule has 0 amide bonds. The molecule has 0 aromatic heterocycles. The van der Waals surface area contributed by atoms with E-state index in [9.17, 15) is 0 Å². The molecule has 9 aromatic carbocycles. The number of benzene rings is 9. The first-order valence-corrected chi connectivity index (χ1v) is 21.4. The molecule has 60 heavy (non-hydrogen) atoms. The third kappa shape index (κ3) is 6.17. The predicted molar refractivity (Wildman–Crippen MR) is 253 cm³/mol. The molecule has 1 heteroatoms. The molecule has 0 bridgehead atoms. The molecule has 0 N–H and O–H groups in total. The summed E-state index contributed by atoms with van der Waals surface area (Å²) in [5.74, 6) is 0. The Hall–Kier alpha value is -7.22. The monoisotopic (exact) mass is 767 g/mol. The zero-order valence-corrected chi connectivity index (χ0v) is 33.6. The number of hydrogen-bond donors (Lipinski definition) is 0. The summed E-state index contributed by atoms with van der Waals surface area (Å²) in [5.41, 5.74) is 21.4. The van der Waals surface area contributed by atoms with Crippen LogP contribution in [0.5, 0.6) is 0 Å². The number of fused-ring (bicyclic) bond motifs is 5. The number of para-hydroxylation sites is 1. The largest absolute Gasteiger partial charge is 0.310 e. The Bertz CT molecular complexity index is 2970. The second-order valence-electron chi connectivity index (χ2n) is 16.4. The van der Waals surface area contributed by atoms with E-state index in [4.69, 9.17) is 0 Å². The van der Waals surface area contributed by atoms with Gasteiger partial charge in [-0.3, -0.25) is 0 Å². The van der Waals surface area contributed by atoms with Crippen LogP contribution in [0.15, 0.2) is 224 Å². The van der Waals surface area contributed by atoms with Crippen molar-refractivity contribution in [2.45, 2.75) is 31.1 Å². The lowest BCUT2D eigenvalue weighted by atomic mass is 9.76. The molecular weight excluding hydrogens is 723 g/mol. The minimum atomic E-state index is 0.0640. The van der Waals surface area contributed by atoms with Crippen LogP contribution < -0.4 is 4.90 Å². The number of rotatable bonds is 8. The zero-order valence-electron chi connectivity index (χ0n) is 33.6. The van der Waals surface area contributed by atoms with Crippen LogP contribution in [-0.4, -0.2) is 0 Å². The SMILES string of the molecule is c1ccc(-c2cccc(-c3ccc(N(c4ccc5c(c4)C4(CCCC4)c4ccccc4-5)c4ccccc4-c4ccccc4-c4ccccc4-c4ccccc4)cc3)c2)cc1. The summed E-state index contributed by atoms with van der Waals surface area (Å²) in [7, 11) is 0. The van der Waals surface area contributed by atoms with Gasteiger partial charge in [-0.15, -0.1) is 0 Å². The van der Waals surface area contributed by atoms with Crippen molar-refractivity contribution in [3.8, 4) is 66.8 Å². The van der Waals surface area contributed by atoms with Gasteiger partial charge in [0.1, 0.15) is 0 Å².